The first-order valence-electron chi connectivity index (χ1n) is 5.67. The van der Waals surface area contributed by atoms with E-state index in [1.807, 2.05) is 12.1 Å². The molecule has 0 saturated carbocycles. The fraction of sp³-hybridized carbons (Fsp3) is 0. The Kier molecular flexibility index (Phi) is 2.76. The number of carbonyl (C=O) groups excluding carboxylic acids is 1. The SMILES string of the molecule is O=C1/C(=C/c2ccccc2Cl)Oc2cc(O)ccc21. The molecule has 3 rings (SSSR count). The van der Waals surface area contributed by atoms with Gasteiger partial charge in [-0.1, -0.05) is 29.8 Å². The van der Waals surface area contributed by atoms with E-state index in [0.29, 0.717) is 21.9 Å². The van der Waals surface area contributed by atoms with Crippen LogP contribution in [0.2, 0.25) is 5.02 Å². The minimum Gasteiger partial charge on any atom is -0.508 e. The van der Waals surface area contributed by atoms with Crippen molar-refractivity contribution in [2.24, 2.45) is 0 Å². The highest BCUT2D eigenvalue weighted by Crippen LogP contribution is 2.34. The lowest BCUT2D eigenvalue weighted by Crippen LogP contribution is -1.98. The summed E-state index contributed by atoms with van der Waals surface area (Å²) in [6.45, 7) is 0. The van der Waals surface area contributed by atoms with Gasteiger partial charge in [0.1, 0.15) is 11.5 Å². The molecule has 0 bridgehead atoms. The second kappa shape index (κ2) is 4.44. The number of ether oxygens (including phenoxy) is 1. The number of benzene rings is 2. The van der Waals surface area contributed by atoms with Gasteiger partial charge in [-0.05, 0) is 29.8 Å². The normalized spacial score (nSPS) is 15.4. The van der Waals surface area contributed by atoms with Crippen LogP contribution in [-0.4, -0.2) is 10.9 Å². The van der Waals surface area contributed by atoms with Crippen LogP contribution in [0.1, 0.15) is 15.9 Å². The third-order valence-electron chi connectivity index (χ3n) is 2.85. The Bertz CT molecular complexity index is 704. The first-order chi connectivity index (χ1) is 9.15. The summed E-state index contributed by atoms with van der Waals surface area (Å²) in [5, 5.41) is 9.92. The Labute approximate surface area is 114 Å². The predicted octanol–water partition coefficient (Wildman–Crippen LogP) is 3.66. The lowest BCUT2D eigenvalue weighted by Gasteiger charge is -2.00. The Morgan fingerprint density at radius 2 is 1.95 bits per heavy atom. The molecule has 0 amide bonds. The Balaban J connectivity index is 2.02. The zero-order valence-electron chi connectivity index (χ0n) is 9.76. The average Bonchev–Trinajstić information content (AvgIpc) is 2.68. The number of carbonyl (C=O) groups is 1. The third-order valence-corrected chi connectivity index (χ3v) is 3.19. The molecule has 0 aromatic heterocycles. The molecule has 2 aromatic rings. The summed E-state index contributed by atoms with van der Waals surface area (Å²) in [5.41, 5.74) is 1.15. The van der Waals surface area contributed by atoms with Crippen molar-refractivity contribution in [3.05, 3.63) is 64.4 Å². The van der Waals surface area contributed by atoms with E-state index in [-0.39, 0.29) is 17.3 Å². The van der Waals surface area contributed by atoms with Crippen LogP contribution >= 0.6 is 11.6 Å². The van der Waals surface area contributed by atoms with E-state index in [2.05, 4.69) is 0 Å². The summed E-state index contributed by atoms with van der Waals surface area (Å²) in [4.78, 5) is 12.1. The van der Waals surface area contributed by atoms with Gasteiger partial charge in [-0.2, -0.15) is 0 Å². The minimum absolute atomic E-state index is 0.0607. The van der Waals surface area contributed by atoms with Crippen molar-refractivity contribution in [3.8, 4) is 11.5 Å². The molecule has 0 atom stereocenters. The van der Waals surface area contributed by atoms with Crippen LogP contribution in [0.5, 0.6) is 11.5 Å². The van der Waals surface area contributed by atoms with Crippen LogP contribution in [0.15, 0.2) is 48.2 Å². The molecule has 1 aliphatic heterocycles. The molecule has 0 saturated heterocycles. The molecule has 4 heteroatoms. The molecule has 3 nitrogen and oxygen atoms in total. The molecular formula is C15H9ClO3. The van der Waals surface area contributed by atoms with Crippen molar-refractivity contribution < 1.29 is 14.6 Å². The number of fused-ring (bicyclic) bond motifs is 1. The average molecular weight is 273 g/mol. The topological polar surface area (TPSA) is 46.5 Å². The Morgan fingerprint density at radius 1 is 1.16 bits per heavy atom. The fourth-order valence-electron chi connectivity index (χ4n) is 1.91. The van der Waals surface area contributed by atoms with Crippen molar-refractivity contribution in [2.45, 2.75) is 0 Å². The van der Waals surface area contributed by atoms with Crippen LogP contribution in [-0.2, 0) is 0 Å². The maximum atomic E-state index is 12.1. The highest BCUT2D eigenvalue weighted by molar-refractivity contribution is 6.32. The summed E-state index contributed by atoms with van der Waals surface area (Å²) in [7, 11) is 0. The van der Waals surface area contributed by atoms with Crippen molar-refractivity contribution in [2.75, 3.05) is 0 Å². The third kappa shape index (κ3) is 2.09. The summed E-state index contributed by atoms with van der Waals surface area (Å²) < 4.78 is 5.45. The van der Waals surface area contributed by atoms with Crippen molar-refractivity contribution >= 4 is 23.5 Å². The maximum Gasteiger partial charge on any atom is 0.231 e. The molecule has 1 heterocycles. The molecule has 94 valence electrons. The Morgan fingerprint density at radius 3 is 2.74 bits per heavy atom. The number of rotatable bonds is 1. The number of aromatic hydroxyl groups is 1. The molecular weight excluding hydrogens is 264 g/mol. The van der Waals surface area contributed by atoms with Gasteiger partial charge >= 0.3 is 0 Å². The van der Waals surface area contributed by atoms with Crippen LogP contribution in [0.25, 0.3) is 6.08 Å². The fourth-order valence-corrected chi connectivity index (χ4v) is 2.10. The molecule has 19 heavy (non-hydrogen) atoms. The van der Waals surface area contributed by atoms with Gasteiger partial charge in [0.15, 0.2) is 5.76 Å². The molecule has 0 fully saturated rings. The lowest BCUT2D eigenvalue weighted by molar-refractivity contribution is 0.101. The summed E-state index contributed by atoms with van der Waals surface area (Å²) in [6, 6.07) is 11.6. The van der Waals surface area contributed by atoms with Crippen molar-refractivity contribution in [1.82, 2.24) is 0 Å². The zero-order valence-corrected chi connectivity index (χ0v) is 10.5. The second-order valence-electron chi connectivity index (χ2n) is 4.14. The zero-order chi connectivity index (χ0) is 13.4. The van der Waals surface area contributed by atoms with Gasteiger partial charge in [0.25, 0.3) is 0 Å². The number of hydrogen-bond donors (Lipinski definition) is 1. The largest absolute Gasteiger partial charge is 0.508 e. The van der Waals surface area contributed by atoms with Crippen LogP contribution < -0.4 is 4.74 Å². The predicted molar refractivity (Wildman–Crippen MR) is 72.5 cm³/mol. The van der Waals surface area contributed by atoms with E-state index < -0.39 is 0 Å². The van der Waals surface area contributed by atoms with E-state index >= 15 is 0 Å². The second-order valence-corrected chi connectivity index (χ2v) is 4.55. The van der Waals surface area contributed by atoms with E-state index in [4.69, 9.17) is 16.3 Å². The van der Waals surface area contributed by atoms with Gasteiger partial charge in [0.2, 0.25) is 5.78 Å². The van der Waals surface area contributed by atoms with Gasteiger partial charge < -0.3 is 9.84 Å². The number of Topliss-reactive ketones (excluding diaryl/α,β-unsaturated/α-hetero) is 1. The molecule has 0 unspecified atom stereocenters. The summed E-state index contributed by atoms with van der Waals surface area (Å²) in [6.07, 6.45) is 1.60. The number of phenols is 1. The number of ketones is 1. The molecule has 0 aliphatic carbocycles. The Hall–Kier alpha value is -2.26. The highest BCUT2D eigenvalue weighted by Gasteiger charge is 2.27. The van der Waals surface area contributed by atoms with Crippen molar-refractivity contribution in [3.63, 3.8) is 0 Å². The van der Waals surface area contributed by atoms with Gasteiger partial charge in [0, 0.05) is 11.1 Å². The number of allylic oxidation sites excluding steroid dienone is 1. The number of halogens is 1. The highest BCUT2D eigenvalue weighted by atomic mass is 35.5. The van der Waals surface area contributed by atoms with Gasteiger partial charge in [-0.15, -0.1) is 0 Å². The monoisotopic (exact) mass is 272 g/mol. The molecule has 1 aliphatic rings. The van der Waals surface area contributed by atoms with E-state index in [1.54, 1.807) is 24.3 Å². The van der Waals surface area contributed by atoms with Gasteiger partial charge in [-0.25, -0.2) is 0 Å². The van der Waals surface area contributed by atoms with Gasteiger partial charge in [0.05, 0.1) is 5.56 Å². The molecule has 0 radical (unpaired) electrons. The van der Waals surface area contributed by atoms with E-state index in [0.717, 1.165) is 0 Å². The van der Waals surface area contributed by atoms with Gasteiger partial charge in [-0.3, -0.25) is 4.79 Å². The maximum absolute atomic E-state index is 12.1. The molecule has 1 N–H and O–H groups in total. The van der Waals surface area contributed by atoms with Crippen LogP contribution in [0.3, 0.4) is 0 Å². The number of hydrogen-bond acceptors (Lipinski definition) is 3. The first kappa shape index (κ1) is 11.8. The summed E-state index contributed by atoms with van der Waals surface area (Å²) in [5.74, 6) is 0.414. The van der Waals surface area contributed by atoms with E-state index in [9.17, 15) is 9.90 Å². The smallest absolute Gasteiger partial charge is 0.231 e. The lowest BCUT2D eigenvalue weighted by atomic mass is 10.1. The molecule has 2 aromatic carbocycles. The van der Waals surface area contributed by atoms with Crippen LogP contribution in [0, 0.1) is 0 Å². The summed E-state index contributed by atoms with van der Waals surface area (Å²) >= 11 is 6.04. The number of phenolic OH excluding ortho intramolecular Hbond substituents is 1. The quantitative estimate of drug-likeness (QED) is 0.806. The van der Waals surface area contributed by atoms with E-state index in [1.165, 1.54) is 12.1 Å². The van der Waals surface area contributed by atoms with Crippen LogP contribution in [0.4, 0.5) is 0 Å². The first-order valence-corrected chi connectivity index (χ1v) is 6.05. The standard InChI is InChI=1S/C15H9ClO3/c16-12-4-2-1-3-9(12)7-14-15(18)11-6-5-10(17)8-13(11)19-14/h1-8,17H/b14-7-. The minimum atomic E-state index is -0.213. The molecule has 0 spiro atoms. The van der Waals surface area contributed by atoms with Crippen molar-refractivity contribution in [1.29, 1.82) is 0 Å².